The Morgan fingerprint density at radius 1 is 1.25 bits per heavy atom. The predicted octanol–water partition coefficient (Wildman–Crippen LogP) is -0.145. The number of hydrogen-bond donors (Lipinski definition) is 3. The molecular weight excluding hydrogens is 316 g/mol. The molecule has 0 radical (unpaired) electrons. The summed E-state index contributed by atoms with van der Waals surface area (Å²) in [6.45, 7) is -0.389. The average Bonchev–Trinajstić information content (AvgIpc) is 3.22. The summed E-state index contributed by atoms with van der Waals surface area (Å²) in [5, 5.41) is 30.4. The van der Waals surface area contributed by atoms with Gasteiger partial charge < -0.3 is 29.4 Å². The number of rotatable bonds is 3. The van der Waals surface area contributed by atoms with Crippen molar-refractivity contribution in [3.63, 3.8) is 0 Å². The Kier molecular flexibility index (Phi) is 3.46. The Labute approximate surface area is 136 Å². The Morgan fingerprint density at radius 2 is 2.04 bits per heavy atom. The summed E-state index contributed by atoms with van der Waals surface area (Å²) in [7, 11) is 3.72. The van der Waals surface area contributed by atoms with Gasteiger partial charge in [-0.15, -0.1) is 0 Å². The second-order valence-electron chi connectivity index (χ2n) is 6.02. The maximum atomic E-state index is 10.4. The predicted molar refractivity (Wildman–Crippen MR) is 84.6 cm³/mol. The van der Waals surface area contributed by atoms with Crippen LogP contribution in [-0.2, 0) is 4.74 Å². The van der Waals surface area contributed by atoms with Gasteiger partial charge in [0.1, 0.15) is 35.8 Å². The van der Waals surface area contributed by atoms with Gasteiger partial charge in [0.05, 0.1) is 18.4 Å². The SMILES string of the molecule is CN(C)c1ncnc2c1c1occc1n2C1OC(CO)C(O)C1O. The van der Waals surface area contributed by atoms with E-state index in [-0.39, 0.29) is 6.61 Å². The van der Waals surface area contributed by atoms with Crippen LogP contribution < -0.4 is 4.90 Å². The van der Waals surface area contributed by atoms with E-state index in [4.69, 9.17) is 9.15 Å². The number of nitrogens with zero attached hydrogens (tertiary/aromatic N) is 4. The lowest BCUT2D eigenvalue weighted by Gasteiger charge is -2.18. The first-order chi connectivity index (χ1) is 11.5. The molecule has 1 aliphatic rings. The maximum absolute atomic E-state index is 10.4. The van der Waals surface area contributed by atoms with Crippen molar-refractivity contribution < 1.29 is 24.5 Å². The molecule has 3 N–H and O–H groups in total. The van der Waals surface area contributed by atoms with Crippen molar-refractivity contribution in [3.8, 4) is 0 Å². The molecule has 0 amide bonds. The van der Waals surface area contributed by atoms with Crippen LogP contribution in [0.5, 0.6) is 0 Å². The first-order valence-corrected chi connectivity index (χ1v) is 7.56. The van der Waals surface area contributed by atoms with E-state index in [1.54, 1.807) is 10.6 Å². The number of aliphatic hydroxyl groups excluding tert-OH is 3. The van der Waals surface area contributed by atoms with Crippen LogP contribution in [0.4, 0.5) is 5.82 Å². The minimum atomic E-state index is -1.20. The first kappa shape index (κ1) is 15.3. The van der Waals surface area contributed by atoms with Crippen LogP contribution in [0.1, 0.15) is 6.23 Å². The van der Waals surface area contributed by atoms with Crippen molar-refractivity contribution in [2.45, 2.75) is 24.5 Å². The number of aliphatic hydroxyl groups is 3. The third-order valence-corrected chi connectivity index (χ3v) is 4.36. The standard InChI is InChI=1S/C15H18N4O5/c1-18(2)13-9-12-7(3-4-23-12)19(14(9)17-6-16-13)15-11(22)10(21)8(5-20)24-15/h3-4,6,8,10-11,15,20-22H,5H2,1-2H3. The number of anilines is 1. The fraction of sp³-hybridized carbons (Fsp3) is 0.467. The molecule has 3 aromatic rings. The number of hydrogen-bond acceptors (Lipinski definition) is 8. The highest BCUT2D eigenvalue weighted by Gasteiger charge is 2.44. The fourth-order valence-electron chi connectivity index (χ4n) is 3.24. The van der Waals surface area contributed by atoms with Crippen LogP contribution in [-0.4, -0.2) is 68.9 Å². The lowest BCUT2D eigenvalue weighted by molar-refractivity contribution is -0.0489. The zero-order chi connectivity index (χ0) is 17.0. The van der Waals surface area contributed by atoms with E-state index in [1.165, 1.54) is 12.6 Å². The molecule has 4 heterocycles. The van der Waals surface area contributed by atoms with Gasteiger partial charge in [-0.3, -0.25) is 4.57 Å². The van der Waals surface area contributed by atoms with Crippen LogP contribution in [0, 0.1) is 0 Å². The second-order valence-corrected chi connectivity index (χ2v) is 6.02. The third kappa shape index (κ3) is 1.96. The van der Waals surface area contributed by atoms with Gasteiger partial charge in [-0.1, -0.05) is 0 Å². The molecule has 128 valence electrons. The van der Waals surface area contributed by atoms with Crippen LogP contribution in [0.15, 0.2) is 23.1 Å². The van der Waals surface area contributed by atoms with Crippen LogP contribution >= 0.6 is 0 Å². The molecule has 1 saturated heterocycles. The molecule has 9 heteroatoms. The van der Waals surface area contributed by atoms with Crippen molar-refractivity contribution >= 4 is 28.0 Å². The van der Waals surface area contributed by atoms with Crippen molar-refractivity contribution in [2.24, 2.45) is 0 Å². The maximum Gasteiger partial charge on any atom is 0.165 e. The molecule has 1 fully saturated rings. The second kappa shape index (κ2) is 5.42. The molecule has 0 bridgehead atoms. The quantitative estimate of drug-likeness (QED) is 0.606. The normalized spacial score (nSPS) is 27.4. The minimum Gasteiger partial charge on any atom is -0.462 e. The number of ether oxygens (including phenoxy) is 1. The molecule has 3 aromatic heterocycles. The molecule has 4 atom stereocenters. The van der Waals surface area contributed by atoms with Crippen LogP contribution in [0.25, 0.3) is 22.1 Å². The van der Waals surface area contributed by atoms with Crippen molar-refractivity contribution in [1.29, 1.82) is 0 Å². The first-order valence-electron chi connectivity index (χ1n) is 7.56. The Hall–Kier alpha value is -2.20. The van der Waals surface area contributed by atoms with E-state index in [9.17, 15) is 15.3 Å². The minimum absolute atomic E-state index is 0.389. The fourth-order valence-corrected chi connectivity index (χ4v) is 3.24. The summed E-state index contributed by atoms with van der Waals surface area (Å²) >= 11 is 0. The largest absolute Gasteiger partial charge is 0.462 e. The van der Waals surface area contributed by atoms with Gasteiger partial charge in [-0.25, -0.2) is 9.97 Å². The molecule has 9 nitrogen and oxygen atoms in total. The molecule has 4 unspecified atom stereocenters. The molecular formula is C15H18N4O5. The molecule has 0 spiro atoms. The molecule has 1 aliphatic heterocycles. The van der Waals surface area contributed by atoms with Crippen LogP contribution in [0.3, 0.4) is 0 Å². The van der Waals surface area contributed by atoms with Crippen molar-refractivity contribution in [3.05, 3.63) is 18.7 Å². The van der Waals surface area contributed by atoms with Gasteiger partial charge in [-0.2, -0.15) is 0 Å². The highest BCUT2D eigenvalue weighted by atomic mass is 16.6. The molecule has 24 heavy (non-hydrogen) atoms. The molecule has 0 saturated carbocycles. The van der Waals surface area contributed by atoms with Gasteiger partial charge in [0.15, 0.2) is 17.5 Å². The van der Waals surface area contributed by atoms with Crippen LogP contribution in [0.2, 0.25) is 0 Å². The third-order valence-electron chi connectivity index (χ3n) is 4.36. The van der Waals surface area contributed by atoms with Crippen molar-refractivity contribution in [1.82, 2.24) is 14.5 Å². The van der Waals surface area contributed by atoms with E-state index in [0.717, 1.165) is 0 Å². The topological polar surface area (TPSA) is 117 Å². The van der Waals surface area contributed by atoms with E-state index in [1.807, 2.05) is 19.0 Å². The Balaban J connectivity index is 1.98. The Bertz CT molecular complexity index is 889. The zero-order valence-corrected chi connectivity index (χ0v) is 13.2. The lowest BCUT2D eigenvalue weighted by Crippen LogP contribution is -2.33. The molecule has 4 rings (SSSR count). The van der Waals surface area contributed by atoms with E-state index >= 15 is 0 Å². The van der Waals surface area contributed by atoms with E-state index < -0.39 is 24.5 Å². The van der Waals surface area contributed by atoms with Gasteiger partial charge in [0.2, 0.25) is 0 Å². The van der Waals surface area contributed by atoms with Crippen molar-refractivity contribution in [2.75, 3.05) is 25.6 Å². The summed E-state index contributed by atoms with van der Waals surface area (Å²) in [5.74, 6) is 0.672. The lowest BCUT2D eigenvalue weighted by atomic mass is 10.1. The highest BCUT2D eigenvalue weighted by molar-refractivity contribution is 6.09. The average molecular weight is 334 g/mol. The Morgan fingerprint density at radius 3 is 2.71 bits per heavy atom. The highest BCUT2D eigenvalue weighted by Crippen LogP contribution is 2.39. The molecule has 0 aliphatic carbocycles. The summed E-state index contributed by atoms with van der Waals surface area (Å²) in [6, 6.07) is 1.74. The summed E-state index contributed by atoms with van der Waals surface area (Å²) < 4.78 is 12.9. The van der Waals surface area contributed by atoms with Gasteiger partial charge in [0.25, 0.3) is 0 Å². The molecule has 0 aromatic carbocycles. The number of furan rings is 1. The summed E-state index contributed by atoms with van der Waals surface area (Å²) in [6.07, 6.45) is -1.18. The van der Waals surface area contributed by atoms with Gasteiger partial charge >= 0.3 is 0 Å². The van der Waals surface area contributed by atoms with Gasteiger partial charge in [-0.05, 0) is 0 Å². The van der Waals surface area contributed by atoms with Gasteiger partial charge in [0, 0.05) is 20.2 Å². The summed E-state index contributed by atoms with van der Waals surface area (Å²) in [4.78, 5) is 10.4. The van der Waals surface area contributed by atoms with E-state index in [0.29, 0.717) is 28.0 Å². The number of fused-ring (bicyclic) bond motifs is 3. The smallest absolute Gasteiger partial charge is 0.165 e. The number of aromatic nitrogens is 3. The zero-order valence-electron chi connectivity index (χ0n) is 13.2. The monoisotopic (exact) mass is 334 g/mol. The van der Waals surface area contributed by atoms with E-state index in [2.05, 4.69) is 9.97 Å². The summed E-state index contributed by atoms with van der Waals surface area (Å²) in [5.41, 5.74) is 1.77.